The van der Waals surface area contributed by atoms with Crippen molar-refractivity contribution in [3.8, 4) is 0 Å². The zero-order chi connectivity index (χ0) is 15.2. The van der Waals surface area contributed by atoms with E-state index in [1.165, 1.54) is 0 Å². The minimum Gasteiger partial charge on any atom is -0.348 e. The SMILES string of the molecule is C[C@H](NC(=O)[C@@H](N)Cc1ccccc1)c1ccccc1Cl. The Labute approximate surface area is 130 Å². The van der Waals surface area contributed by atoms with Gasteiger partial charge in [0, 0.05) is 5.02 Å². The van der Waals surface area contributed by atoms with Crippen molar-refractivity contribution in [1.29, 1.82) is 0 Å². The molecule has 2 aromatic carbocycles. The first kappa shape index (κ1) is 15.5. The first-order valence-electron chi connectivity index (χ1n) is 6.92. The second-order valence-electron chi connectivity index (χ2n) is 5.05. The molecule has 21 heavy (non-hydrogen) atoms. The van der Waals surface area contributed by atoms with Gasteiger partial charge in [-0.3, -0.25) is 4.79 Å². The zero-order valence-electron chi connectivity index (χ0n) is 11.9. The average Bonchev–Trinajstić information content (AvgIpc) is 2.48. The topological polar surface area (TPSA) is 55.1 Å². The minimum atomic E-state index is -0.572. The van der Waals surface area contributed by atoms with Gasteiger partial charge in [-0.1, -0.05) is 60.1 Å². The number of hydrogen-bond donors (Lipinski definition) is 2. The Morgan fingerprint density at radius 3 is 2.43 bits per heavy atom. The molecule has 0 radical (unpaired) electrons. The Morgan fingerprint density at radius 2 is 1.76 bits per heavy atom. The number of benzene rings is 2. The maximum Gasteiger partial charge on any atom is 0.237 e. The summed E-state index contributed by atoms with van der Waals surface area (Å²) >= 11 is 6.13. The summed E-state index contributed by atoms with van der Waals surface area (Å²) in [6.07, 6.45) is 0.516. The molecule has 0 aromatic heterocycles. The number of amides is 1. The molecule has 1 amide bonds. The highest BCUT2D eigenvalue weighted by molar-refractivity contribution is 6.31. The molecule has 0 bridgehead atoms. The Hall–Kier alpha value is -1.84. The van der Waals surface area contributed by atoms with Crippen LogP contribution in [0.15, 0.2) is 54.6 Å². The van der Waals surface area contributed by atoms with Crippen molar-refractivity contribution in [2.75, 3.05) is 0 Å². The summed E-state index contributed by atoms with van der Waals surface area (Å²) in [5.74, 6) is -0.175. The minimum absolute atomic E-state index is 0.173. The van der Waals surface area contributed by atoms with Crippen LogP contribution in [0.25, 0.3) is 0 Å². The molecule has 0 heterocycles. The first-order valence-corrected chi connectivity index (χ1v) is 7.30. The van der Waals surface area contributed by atoms with Gasteiger partial charge in [0.05, 0.1) is 12.1 Å². The van der Waals surface area contributed by atoms with Crippen LogP contribution >= 0.6 is 11.6 Å². The number of carbonyl (C=O) groups excluding carboxylic acids is 1. The molecule has 110 valence electrons. The molecule has 4 heteroatoms. The normalized spacial score (nSPS) is 13.5. The molecule has 0 saturated carbocycles. The van der Waals surface area contributed by atoms with Crippen molar-refractivity contribution >= 4 is 17.5 Å². The smallest absolute Gasteiger partial charge is 0.237 e. The van der Waals surface area contributed by atoms with Gasteiger partial charge < -0.3 is 11.1 Å². The lowest BCUT2D eigenvalue weighted by Crippen LogP contribution is -2.43. The van der Waals surface area contributed by atoms with Gasteiger partial charge in [0.2, 0.25) is 5.91 Å². The molecule has 3 nitrogen and oxygen atoms in total. The Bertz CT molecular complexity index is 601. The fourth-order valence-electron chi connectivity index (χ4n) is 2.19. The molecule has 0 aliphatic carbocycles. The molecule has 0 spiro atoms. The number of nitrogens with one attached hydrogen (secondary N) is 1. The third-order valence-corrected chi connectivity index (χ3v) is 3.71. The summed E-state index contributed by atoms with van der Waals surface area (Å²) in [7, 11) is 0. The number of nitrogens with two attached hydrogens (primary N) is 1. The predicted molar refractivity (Wildman–Crippen MR) is 86.1 cm³/mol. The molecule has 0 aliphatic rings. The molecular weight excluding hydrogens is 284 g/mol. The van der Waals surface area contributed by atoms with Gasteiger partial charge in [-0.2, -0.15) is 0 Å². The Morgan fingerprint density at radius 1 is 1.14 bits per heavy atom. The van der Waals surface area contributed by atoms with Crippen molar-refractivity contribution in [2.24, 2.45) is 5.73 Å². The van der Waals surface area contributed by atoms with Crippen LogP contribution in [0.3, 0.4) is 0 Å². The highest BCUT2D eigenvalue weighted by Gasteiger charge is 2.18. The fraction of sp³-hybridized carbons (Fsp3) is 0.235. The van der Waals surface area contributed by atoms with Gasteiger partial charge in [0.15, 0.2) is 0 Å². The van der Waals surface area contributed by atoms with E-state index in [-0.39, 0.29) is 11.9 Å². The second kappa shape index (κ2) is 7.25. The lowest BCUT2D eigenvalue weighted by molar-refractivity contribution is -0.123. The summed E-state index contributed by atoms with van der Waals surface area (Å²) in [5, 5.41) is 3.55. The quantitative estimate of drug-likeness (QED) is 0.892. The van der Waals surface area contributed by atoms with E-state index in [4.69, 9.17) is 17.3 Å². The third-order valence-electron chi connectivity index (χ3n) is 3.37. The van der Waals surface area contributed by atoms with Gasteiger partial charge in [-0.25, -0.2) is 0 Å². The van der Waals surface area contributed by atoms with Crippen molar-refractivity contribution in [1.82, 2.24) is 5.32 Å². The monoisotopic (exact) mass is 302 g/mol. The summed E-state index contributed by atoms with van der Waals surface area (Å²) in [6.45, 7) is 1.90. The van der Waals surface area contributed by atoms with Crippen LogP contribution in [0.5, 0.6) is 0 Å². The first-order chi connectivity index (χ1) is 10.1. The van der Waals surface area contributed by atoms with E-state index in [1.807, 2.05) is 61.5 Å². The van der Waals surface area contributed by atoms with Crippen LogP contribution in [-0.4, -0.2) is 11.9 Å². The van der Waals surface area contributed by atoms with Crippen LogP contribution in [0.2, 0.25) is 5.02 Å². The Balaban J connectivity index is 1.96. The van der Waals surface area contributed by atoms with Gasteiger partial charge in [-0.05, 0) is 30.5 Å². The standard InChI is InChI=1S/C17H19ClN2O/c1-12(14-9-5-6-10-15(14)18)20-17(21)16(19)11-13-7-3-2-4-8-13/h2-10,12,16H,11,19H2,1H3,(H,20,21)/t12-,16-/m0/s1. The third kappa shape index (κ3) is 4.31. The summed E-state index contributed by atoms with van der Waals surface area (Å²) in [6, 6.07) is 16.5. The highest BCUT2D eigenvalue weighted by atomic mass is 35.5. The number of carbonyl (C=O) groups is 1. The number of halogens is 1. The molecule has 0 aliphatic heterocycles. The lowest BCUT2D eigenvalue weighted by atomic mass is 10.0. The highest BCUT2D eigenvalue weighted by Crippen LogP contribution is 2.22. The van der Waals surface area contributed by atoms with E-state index < -0.39 is 6.04 Å². The van der Waals surface area contributed by atoms with Crippen molar-refractivity contribution in [3.05, 3.63) is 70.7 Å². The maximum atomic E-state index is 12.2. The molecular formula is C17H19ClN2O. The molecule has 2 rings (SSSR count). The number of rotatable bonds is 5. The van der Waals surface area contributed by atoms with E-state index >= 15 is 0 Å². The van der Waals surface area contributed by atoms with E-state index in [2.05, 4.69) is 5.32 Å². The zero-order valence-corrected chi connectivity index (χ0v) is 12.7. The van der Waals surface area contributed by atoms with Gasteiger partial charge >= 0.3 is 0 Å². The van der Waals surface area contributed by atoms with Crippen LogP contribution in [0.4, 0.5) is 0 Å². The molecule has 3 N–H and O–H groups in total. The molecule has 2 atom stereocenters. The van der Waals surface area contributed by atoms with E-state index in [0.717, 1.165) is 11.1 Å². The largest absolute Gasteiger partial charge is 0.348 e. The number of hydrogen-bond acceptors (Lipinski definition) is 2. The van der Waals surface area contributed by atoms with Gasteiger partial charge in [0.1, 0.15) is 0 Å². The van der Waals surface area contributed by atoms with Crippen LogP contribution in [0.1, 0.15) is 24.1 Å². The van der Waals surface area contributed by atoms with E-state index in [1.54, 1.807) is 0 Å². The lowest BCUT2D eigenvalue weighted by Gasteiger charge is -2.19. The van der Waals surface area contributed by atoms with Crippen LogP contribution < -0.4 is 11.1 Å². The average molecular weight is 303 g/mol. The van der Waals surface area contributed by atoms with Crippen molar-refractivity contribution in [2.45, 2.75) is 25.4 Å². The van der Waals surface area contributed by atoms with Gasteiger partial charge in [-0.15, -0.1) is 0 Å². The fourth-order valence-corrected chi connectivity index (χ4v) is 2.48. The maximum absolute atomic E-state index is 12.2. The van der Waals surface area contributed by atoms with Crippen molar-refractivity contribution in [3.63, 3.8) is 0 Å². The molecule has 2 aromatic rings. The molecule has 0 unspecified atom stereocenters. The van der Waals surface area contributed by atoms with Gasteiger partial charge in [0.25, 0.3) is 0 Å². The van der Waals surface area contributed by atoms with Crippen LogP contribution in [0, 0.1) is 0 Å². The summed E-state index contributed by atoms with van der Waals surface area (Å²) in [4.78, 5) is 12.2. The van der Waals surface area contributed by atoms with Crippen LogP contribution in [-0.2, 0) is 11.2 Å². The Kier molecular flexibility index (Phi) is 5.37. The molecule has 0 fully saturated rings. The van der Waals surface area contributed by atoms with E-state index in [0.29, 0.717) is 11.4 Å². The summed E-state index contributed by atoms with van der Waals surface area (Å²) in [5.41, 5.74) is 7.90. The van der Waals surface area contributed by atoms with Crippen molar-refractivity contribution < 1.29 is 4.79 Å². The second-order valence-corrected chi connectivity index (χ2v) is 5.46. The molecule has 0 saturated heterocycles. The predicted octanol–water partition coefficient (Wildman–Crippen LogP) is 3.09. The summed E-state index contributed by atoms with van der Waals surface area (Å²) < 4.78 is 0. The van der Waals surface area contributed by atoms with E-state index in [9.17, 15) is 4.79 Å².